The summed E-state index contributed by atoms with van der Waals surface area (Å²) >= 11 is 11.6. The lowest BCUT2D eigenvalue weighted by Gasteiger charge is -2.30. The molecule has 1 aliphatic rings. The molecule has 28 heavy (non-hydrogen) atoms. The lowest BCUT2D eigenvalue weighted by molar-refractivity contribution is 0.102. The van der Waals surface area contributed by atoms with E-state index in [9.17, 15) is 13.2 Å². The average Bonchev–Trinajstić information content (AvgIpc) is 2.70. The van der Waals surface area contributed by atoms with E-state index < -0.39 is 15.9 Å². The van der Waals surface area contributed by atoms with Gasteiger partial charge in [0, 0.05) is 25.0 Å². The second-order valence-corrected chi connectivity index (χ2v) is 9.55. The summed E-state index contributed by atoms with van der Waals surface area (Å²) in [7, 11) is -1.93. The van der Waals surface area contributed by atoms with Gasteiger partial charge in [-0.15, -0.1) is 0 Å². The Morgan fingerprint density at radius 3 is 2.39 bits per heavy atom. The Morgan fingerprint density at radius 2 is 1.79 bits per heavy atom. The van der Waals surface area contributed by atoms with Crippen molar-refractivity contribution in [2.45, 2.75) is 43.0 Å². The molecule has 0 saturated heterocycles. The van der Waals surface area contributed by atoms with Crippen LogP contribution in [0.15, 0.2) is 41.4 Å². The highest BCUT2D eigenvalue weighted by Gasteiger charge is 2.28. The largest absolute Gasteiger partial charge is 0.322 e. The fourth-order valence-electron chi connectivity index (χ4n) is 3.27. The predicted molar refractivity (Wildman–Crippen MR) is 110 cm³/mol. The van der Waals surface area contributed by atoms with Crippen LogP contribution >= 0.6 is 23.2 Å². The van der Waals surface area contributed by atoms with Gasteiger partial charge in [-0.05, 0) is 43.2 Å². The number of nitrogens with zero attached hydrogens (tertiary/aromatic N) is 2. The van der Waals surface area contributed by atoms with Gasteiger partial charge in [-0.3, -0.25) is 4.79 Å². The van der Waals surface area contributed by atoms with Crippen LogP contribution in [0.25, 0.3) is 0 Å². The Morgan fingerprint density at radius 1 is 1.14 bits per heavy atom. The van der Waals surface area contributed by atoms with Crippen LogP contribution in [-0.2, 0) is 10.0 Å². The molecule has 1 fully saturated rings. The molecule has 1 aliphatic carbocycles. The van der Waals surface area contributed by atoms with Gasteiger partial charge in [-0.25, -0.2) is 13.4 Å². The number of amides is 1. The van der Waals surface area contributed by atoms with Crippen molar-refractivity contribution in [2.24, 2.45) is 0 Å². The molecule has 1 N–H and O–H groups in total. The van der Waals surface area contributed by atoms with E-state index in [2.05, 4.69) is 10.3 Å². The molecule has 0 atom stereocenters. The number of aromatic nitrogens is 1. The van der Waals surface area contributed by atoms with Crippen molar-refractivity contribution in [3.8, 4) is 0 Å². The highest BCUT2D eigenvalue weighted by Crippen LogP contribution is 2.27. The number of anilines is 1. The number of halogens is 2. The Bertz CT molecular complexity index is 959. The Balaban J connectivity index is 1.71. The van der Waals surface area contributed by atoms with Crippen LogP contribution in [0.1, 0.15) is 42.5 Å². The topological polar surface area (TPSA) is 79.4 Å². The monoisotopic (exact) mass is 441 g/mol. The first kappa shape index (κ1) is 21.0. The summed E-state index contributed by atoms with van der Waals surface area (Å²) in [6.07, 6.45) is 6.37. The van der Waals surface area contributed by atoms with Gasteiger partial charge in [0.05, 0.1) is 15.5 Å². The number of carbonyl (C=O) groups is 1. The third kappa shape index (κ3) is 4.66. The van der Waals surface area contributed by atoms with E-state index in [4.69, 9.17) is 23.2 Å². The third-order valence-electron chi connectivity index (χ3n) is 4.94. The minimum Gasteiger partial charge on any atom is -0.322 e. The van der Waals surface area contributed by atoms with E-state index >= 15 is 0 Å². The maximum Gasteiger partial charge on any atom is 0.257 e. The van der Waals surface area contributed by atoms with Gasteiger partial charge in [-0.1, -0.05) is 42.5 Å². The van der Waals surface area contributed by atoms with Gasteiger partial charge in [0.2, 0.25) is 10.0 Å². The SMILES string of the molecule is CN(C1CCCCC1)S(=O)(=O)c1ccc(NC(=O)c2cnc(Cl)c(Cl)c2)cc1. The molecule has 0 bridgehead atoms. The molecule has 1 aromatic carbocycles. The van der Waals surface area contributed by atoms with Crippen LogP contribution in [0.3, 0.4) is 0 Å². The molecule has 0 radical (unpaired) electrons. The molecule has 150 valence electrons. The standard InChI is InChI=1S/C19H21Cl2N3O3S/c1-24(15-5-3-2-4-6-15)28(26,27)16-9-7-14(8-10-16)23-19(25)13-11-17(20)18(21)22-12-13/h7-12,15H,2-6H2,1H3,(H,23,25). The van der Waals surface area contributed by atoms with Crippen molar-refractivity contribution in [3.63, 3.8) is 0 Å². The van der Waals surface area contributed by atoms with E-state index in [1.165, 1.54) is 28.7 Å². The molecule has 0 aliphatic heterocycles. The molecule has 6 nitrogen and oxygen atoms in total. The van der Waals surface area contributed by atoms with Crippen LogP contribution < -0.4 is 5.32 Å². The van der Waals surface area contributed by atoms with E-state index in [0.717, 1.165) is 32.1 Å². The van der Waals surface area contributed by atoms with Gasteiger partial charge in [0.1, 0.15) is 5.15 Å². The first-order chi connectivity index (χ1) is 13.3. The van der Waals surface area contributed by atoms with Crippen molar-refractivity contribution >= 4 is 44.8 Å². The van der Waals surface area contributed by atoms with Gasteiger partial charge in [-0.2, -0.15) is 4.31 Å². The van der Waals surface area contributed by atoms with E-state index in [1.54, 1.807) is 19.2 Å². The van der Waals surface area contributed by atoms with E-state index in [1.807, 2.05) is 0 Å². The smallest absolute Gasteiger partial charge is 0.257 e. The molecule has 2 aromatic rings. The first-order valence-corrected chi connectivity index (χ1v) is 11.2. The Kier molecular flexibility index (Phi) is 6.60. The normalized spacial score (nSPS) is 15.6. The zero-order valence-corrected chi connectivity index (χ0v) is 17.7. The number of hydrogen-bond donors (Lipinski definition) is 1. The molecule has 0 unspecified atom stereocenters. The lowest BCUT2D eigenvalue weighted by atomic mass is 9.96. The van der Waals surface area contributed by atoms with Crippen LogP contribution in [0.5, 0.6) is 0 Å². The predicted octanol–water partition coefficient (Wildman–Crippen LogP) is 4.59. The summed E-state index contributed by atoms with van der Waals surface area (Å²) in [6, 6.07) is 7.58. The zero-order chi connectivity index (χ0) is 20.3. The fraction of sp³-hybridized carbons (Fsp3) is 0.368. The molecule has 3 rings (SSSR count). The molecule has 0 spiro atoms. The molecule has 1 aromatic heterocycles. The van der Waals surface area contributed by atoms with E-state index in [-0.39, 0.29) is 26.7 Å². The minimum atomic E-state index is -3.57. The number of benzene rings is 1. The summed E-state index contributed by atoms with van der Waals surface area (Å²) in [4.78, 5) is 16.3. The summed E-state index contributed by atoms with van der Waals surface area (Å²) < 4.78 is 27.2. The highest BCUT2D eigenvalue weighted by molar-refractivity contribution is 7.89. The maximum absolute atomic E-state index is 12.9. The van der Waals surface area contributed by atoms with Crippen molar-refractivity contribution in [3.05, 3.63) is 52.3 Å². The highest BCUT2D eigenvalue weighted by atomic mass is 35.5. The Hall–Kier alpha value is -1.67. The fourth-order valence-corrected chi connectivity index (χ4v) is 4.95. The number of nitrogens with one attached hydrogen (secondary N) is 1. The second-order valence-electron chi connectivity index (χ2n) is 6.79. The van der Waals surface area contributed by atoms with Gasteiger partial charge < -0.3 is 5.32 Å². The molecule has 9 heteroatoms. The number of sulfonamides is 1. The van der Waals surface area contributed by atoms with Crippen molar-refractivity contribution in [1.82, 2.24) is 9.29 Å². The van der Waals surface area contributed by atoms with Gasteiger partial charge in [0.25, 0.3) is 5.91 Å². The van der Waals surface area contributed by atoms with Crippen molar-refractivity contribution < 1.29 is 13.2 Å². The first-order valence-electron chi connectivity index (χ1n) is 8.99. The molecule has 1 amide bonds. The van der Waals surface area contributed by atoms with Crippen LogP contribution in [0.2, 0.25) is 10.2 Å². The van der Waals surface area contributed by atoms with Gasteiger partial charge in [0.15, 0.2) is 0 Å². The zero-order valence-electron chi connectivity index (χ0n) is 15.4. The average molecular weight is 442 g/mol. The van der Waals surface area contributed by atoms with Crippen molar-refractivity contribution in [1.29, 1.82) is 0 Å². The van der Waals surface area contributed by atoms with Gasteiger partial charge >= 0.3 is 0 Å². The summed E-state index contributed by atoms with van der Waals surface area (Å²) in [5, 5.41) is 2.99. The maximum atomic E-state index is 12.9. The van der Waals surface area contributed by atoms with Crippen LogP contribution in [0.4, 0.5) is 5.69 Å². The molecular formula is C19H21Cl2N3O3S. The molecule has 1 saturated carbocycles. The quantitative estimate of drug-likeness (QED) is 0.687. The third-order valence-corrected chi connectivity index (χ3v) is 7.55. The Labute approximate surface area is 174 Å². The number of pyridine rings is 1. The number of carbonyl (C=O) groups excluding carboxylic acids is 1. The summed E-state index contributed by atoms with van der Waals surface area (Å²) in [5.41, 5.74) is 0.721. The number of hydrogen-bond acceptors (Lipinski definition) is 4. The van der Waals surface area contributed by atoms with E-state index in [0.29, 0.717) is 5.69 Å². The lowest BCUT2D eigenvalue weighted by Crippen LogP contribution is -2.38. The number of rotatable bonds is 5. The second kappa shape index (κ2) is 8.78. The molecular weight excluding hydrogens is 421 g/mol. The minimum absolute atomic E-state index is 0.0419. The summed E-state index contributed by atoms with van der Waals surface area (Å²) in [5.74, 6) is -0.416. The van der Waals surface area contributed by atoms with Crippen LogP contribution in [-0.4, -0.2) is 36.7 Å². The van der Waals surface area contributed by atoms with Crippen molar-refractivity contribution in [2.75, 3.05) is 12.4 Å². The van der Waals surface area contributed by atoms with Crippen LogP contribution in [0, 0.1) is 0 Å². The summed E-state index contributed by atoms with van der Waals surface area (Å²) in [6.45, 7) is 0. The molecule has 1 heterocycles.